The smallest absolute Gasteiger partial charge is 0.246 e. The lowest BCUT2D eigenvalue weighted by Crippen LogP contribution is -2.67. The van der Waals surface area contributed by atoms with Gasteiger partial charge in [0.15, 0.2) is 11.9 Å². The first kappa shape index (κ1) is 42.4. The number of nitrogens with one attached hydrogen (secondary N) is 8. The predicted molar refractivity (Wildman–Crippen MR) is 201 cm³/mol. The van der Waals surface area contributed by atoms with E-state index in [9.17, 15) is 44.1 Å². The van der Waals surface area contributed by atoms with Crippen LogP contribution in [-0.2, 0) is 28.8 Å². The van der Waals surface area contributed by atoms with Gasteiger partial charge in [0.25, 0.3) is 0 Å². The number of amides is 6. The molecule has 21 heteroatoms. The van der Waals surface area contributed by atoms with Crippen LogP contribution in [0.5, 0.6) is 0 Å². The molecular weight excluding hydrogens is 732 g/mol. The maximum atomic E-state index is 14.3. The van der Waals surface area contributed by atoms with Gasteiger partial charge in [-0.2, -0.15) is 0 Å². The minimum Gasteiger partial charge on any atom is -0.394 e. The third kappa shape index (κ3) is 11.4. The third-order valence-corrected chi connectivity index (χ3v) is 11.4. The molecule has 0 aromatic heterocycles. The van der Waals surface area contributed by atoms with Crippen LogP contribution in [0.3, 0.4) is 0 Å². The number of aliphatic hydroxyl groups excluding tert-OH is 3. The summed E-state index contributed by atoms with van der Waals surface area (Å²) < 4.78 is 0. The SMILES string of the molecule is NC1=NCC(C(O)[C@@H]2NC(=O)[C@@H](CC3CCCCC3)NC(=O)[C@H](CC3CCCCC3)NC(=O)CNC(=O)[C@H](CO)NC(=O)[C@@H](C(O)C3CN=C(N)N3)NC2=O)N1. The van der Waals surface area contributed by atoms with E-state index < -0.39 is 103 Å². The van der Waals surface area contributed by atoms with E-state index in [1.807, 2.05) is 0 Å². The van der Waals surface area contributed by atoms with Crippen LogP contribution < -0.4 is 54.0 Å². The van der Waals surface area contributed by atoms with Gasteiger partial charge < -0.3 is 69.3 Å². The molecule has 9 atom stereocenters. The third-order valence-electron chi connectivity index (χ3n) is 11.4. The Morgan fingerprint density at radius 1 is 0.554 bits per heavy atom. The number of hydrogen-bond donors (Lipinski definition) is 13. The highest BCUT2D eigenvalue weighted by molar-refractivity contribution is 5.98. The molecule has 1 saturated heterocycles. The molecule has 0 aromatic carbocycles. The molecule has 4 unspecified atom stereocenters. The first-order valence-electron chi connectivity index (χ1n) is 19.7. The fourth-order valence-electron chi connectivity index (χ4n) is 8.16. The number of hydrogen-bond acceptors (Lipinski definition) is 15. The second-order valence-corrected chi connectivity index (χ2v) is 15.5. The lowest BCUT2D eigenvalue weighted by Gasteiger charge is -2.34. The zero-order chi connectivity index (χ0) is 40.4. The average molecular weight is 791 g/mol. The highest BCUT2D eigenvalue weighted by atomic mass is 16.3. The van der Waals surface area contributed by atoms with E-state index in [2.05, 4.69) is 52.5 Å². The Labute approximate surface area is 324 Å². The summed E-state index contributed by atoms with van der Waals surface area (Å²) in [6.07, 6.45) is 6.28. The van der Waals surface area contributed by atoms with Crippen LogP contribution in [0.25, 0.3) is 0 Å². The fourth-order valence-corrected chi connectivity index (χ4v) is 8.16. The highest BCUT2D eigenvalue weighted by Crippen LogP contribution is 2.29. The number of aliphatic imine (C=N–C) groups is 2. The van der Waals surface area contributed by atoms with Gasteiger partial charge >= 0.3 is 0 Å². The van der Waals surface area contributed by atoms with Crippen molar-refractivity contribution >= 4 is 47.4 Å². The van der Waals surface area contributed by atoms with Crippen molar-refractivity contribution in [1.29, 1.82) is 0 Å². The van der Waals surface area contributed by atoms with E-state index in [1.165, 1.54) is 0 Å². The molecule has 3 aliphatic heterocycles. The summed E-state index contributed by atoms with van der Waals surface area (Å²) >= 11 is 0. The zero-order valence-corrected chi connectivity index (χ0v) is 31.5. The standard InChI is InChI=1S/C35H58N12O9/c36-34-39-13-21(44-34)27(50)25-32(55)43-23(16-48)29(52)38-15-24(49)41-19(11-17-7-3-1-4-8-17)30(53)42-20(12-18-9-5-2-6-10-18)31(54)46-26(33(56)47-25)28(51)22-14-40-35(37)45-22/h17-23,25-28,48,50-51H,1-16H2,(H,38,52)(H,41,49)(H,42,53)(H,43,55)(H,46,54)(H,47,56)(H3,36,39,44)(H3,37,40,45)/t19-,20+,21?,22?,23-,25+,26-,27?,28?/m0/s1. The van der Waals surface area contributed by atoms with Crippen molar-refractivity contribution in [2.24, 2.45) is 33.3 Å². The number of nitrogens with two attached hydrogens (primary N) is 2. The van der Waals surface area contributed by atoms with Gasteiger partial charge in [-0.25, -0.2) is 0 Å². The second-order valence-electron chi connectivity index (χ2n) is 15.5. The molecule has 21 nitrogen and oxygen atoms in total. The minimum atomic E-state index is -1.87. The summed E-state index contributed by atoms with van der Waals surface area (Å²) in [5.74, 6) is -5.22. The average Bonchev–Trinajstić information content (AvgIpc) is 3.84. The van der Waals surface area contributed by atoms with Crippen molar-refractivity contribution < 1.29 is 44.1 Å². The maximum Gasteiger partial charge on any atom is 0.246 e. The normalized spacial score (nSPS) is 32.0. The molecule has 5 rings (SSSR count). The molecule has 312 valence electrons. The molecule has 2 saturated carbocycles. The molecule has 56 heavy (non-hydrogen) atoms. The molecule has 2 aliphatic carbocycles. The van der Waals surface area contributed by atoms with Gasteiger partial charge in [-0.05, 0) is 24.7 Å². The van der Waals surface area contributed by atoms with Crippen molar-refractivity contribution in [3.05, 3.63) is 0 Å². The van der Waals surface area contributed by atoms with Crippen LogP contribution in [0, 0.1) is 11.8 Å². The van der Waals surface area contributed by atoms with Crippen LogP contribution in [0.15, 0.2) is 9.98 Å². The van der Waals surface area contributed by atoms with Gasteiger partial charge in [-0.1, -0.05) is 64.2 Å². The molecule has 5 aliphatic rings. The Morgan fingerprint density at radius 2 is 0.982 bits per heavy atom. The minimum absolute atomic E-state index is 0.0136. The summed E-state index contributed by atoms with van der Waals surface area (Å²) in [7, 11) is 0. The number of guanidine groups is 2. The number of rotatable bonds is 9. The molecular formula is C35H58N12O9. The van der Waals surface area contributed by atoms with Gasteiger partial charge in [0, 0.05) is 0 Å². The van der Waals surface area contributed by atoms with E-state index in [1.54, 1.807) is 0 Å². The Balaban J connectivity index is 1.50. The molecule has 0 aromatic rings. The van der Waals surface area contributed by atoms with E-state index >= 15 is 0 Å². The number of aliphatic hydroxyl groups is 3. The van der Waals surface area contributed by atoms with Crippen molar-refractivity contribution in [3.63, 3.8) is 0 Å². The molecule has 6 amide bonds. The van der Waals surface area contributed by atoms with Crippen LogP contribution in [0.4, 0.5) is 0 Å². The van der Waals surface area contributed by atoms with Crippen LogP contribution in [0.1, 0.15) is 77.0 Å². The first-order chi connectivity index (χ1) is 26.8. The molecule has 3 fully saturated rings. The van der Waals surface area contributed by atoms with Gasteiger partial charge in [0.1, 0.15) is 42.4 Å². The number of carbonyl (C=O) groups is 6. The van der Waals surface area contributed by atoms with Crippen LogP contribution in [-0.4, -0.2) is 143 Å². The van der Waals surface area contributed by atoms with Crippen molar-refractivity contribution in [3.8, 4) is 0 Å². The Morgan fingerprint density at radius 3 is 1.45 bits per heavy atom. The summed E-state index contributed by atoms with van der Waals surface area (Å²) in [5, 5.41) is 53.7. The highest BCUT2D eigenvalue weighted by Gasteiger charge is 2.43. The summed E-state index contributed by atoms with van der Waals surface area (Å²) in [6, 6.07) is -9.55. The Hall–Kier alpha value is -4.76. The predicted octanol–water partition coefficient (Wildman–Crippen LogP) is -5.23. The topological polar surface area (TPSA) is 336 Å². The fraction of sp³-hybridized carbons (Fsp3) is 0.771. The quantitative estimate of drug-likeness (QED) is 0.104. The Bertz CT molecular complexity index is 1500. The summed E-state index contributed by atoms with van der Waals surface area (Å²) in [6.45, 7) is -1.71. The first-order valence-corrected chi connectivity index (χ1v) is 19.7. The van der Waals surface area contributed by atoms with Crippen LogP contribution in [0.2, 0.25) is 0 Å². The lowest BCUT2D eigenvalue weighted by molar-refractivity contribution is -0.139. The van der Waals surface area contributed by atoms with E-state index in [0.717, 1.165) is 64.2 Å². The monoisotopic (exact) mass is 790 g/mol. The second kappa shape index (κ2) is 19.9. The van der Waals surface area contributed by atoms with Crippen LogP contribution >= 0.6 is 0 Å². The molecule has 0 spiro atoms. The van der Waals surface area contributed by atoms with Gasteiger partial charge in [0.2, 0.25) is 35.4 Å². The van der Waals surface area contributed by atoms with Gasteiger partial charge in [0.05, 0.1) is 38.3 Å². The number of nitrogens with zero attached hydrogens (tertiary/aromatic N) is 2. The van der Waals surface area contributed by atoms with Gasteiger partial charge in [-0.3, -0.25) is 38.8 Å². The molecule has 3 heterocycles. The summed E-state index contributed by atoms with van der Waals surface area (Å²) in [4.78, 5) is 91.0. The Kier molecular flexibility index (Phi) is 15.1. The molecule has 0 bridgehead atoms. The zero-order valence-electron chi connectivity index (χ0n) is 31.5. The van der Waals surface area contributed by atoms with E-state index in [-0.39, 0.29) is 49.7 Å². The van der Waals surface area contributed by atoms with Gasteiger partial charge in [-0.15, -0.1) is 0 Å². The van der Waals surface area contributed by atoms with E-state index in [0.29, 0.717) is 0 Å². The van der Waals surface area contributed by atoms with Crippen molar-refractivity contribution in [2.45, 2.75) is 132 Å². The summed E-state index contributed by atoms with van der Waals surface area (Å²) in [5.41, 5.74) is 11.5. The van der Waals surface area contributed by atoms with Crippen molar-refractivity contribution in [2.75, 3.05) is 26.2 Å². The lowest BCUT2D eigenvalue weighted by atomic mass is 9.83. The maximum absolute atomic E-state index is 14.3. The largest absolute Gasteiger partial charge is 0.394 e. The molecule has 15 N–H and O–H groups in total. The molecule has 0 radical (unpaired) electrons. The van der Waals surface area contributed by atoms with E-state index in [4.69, 9.17) is 11.5 Å². The number of carbonyl (C=O) groups excluding carboxylic acids is 6. The van der Waals surface area contributed by atoms with Crippen molar-refractivity contribution in [1.82, 2.24) is 42.5 Å².